The van der Waals surface area contributed by atoms with Gasteiger partial charge in [-0.1, -0.05) is 77.5 Å². The zero-order chi connectivity index (χ0) is 28.8. The normalized spacial score (nSPS) is 25.7. The smallest absolute Gasteiger partial charge is 0.264 e. The highest BCUT2D eigenvalue weighted by molar-refractivity contribution is 6.31. The average molecular weight is 579 g/mol. The molecule has 3 aromatic carbocycles. The molecular weight excluding hydrogens is 552 g/mol. The summed E-state index contributed by atoms with van der Waals surface area (Å²) < 4.78 is 0. The molecule has 1 saturated heterocycles. The third-order valence-corrected chi connectivity index (χ3v) is 8.53. The van der Waals surface area contributed by atoms with Crippen molar-refractivity contribution in [1.82, 2.24) is 10.0 Å². The van der Waals surface area contributed by atoms with Gasteiger partial charge in [0.1, 0.15) is 6.54 Å². The molecule has 9 nitrogen and oxygen atoms in total. The molecule has 7 rings (SSSR count). The summed E-state index contributed by atoms with van der Waals surface area (Å²) in [7, 11) is 0. The van der Waals surface area contributed by atoms with E-state index in [1.54, 1.807) is 29.3 Å². The summed E-state index contributed by atoms with van der Waals surface area (Å²) in [6.07, 6.45) is 4.95. The number of halogens is 1. The molecule has 210 valence electrons. The molecule has 10 heteroatoms. The van der Waals surface area contributed by atoms with E-state index in [9.17, 15) is 14.4 Å². The SMILES string of the molecule is O=C1[C@@H]2[C@@H](N=NN2CC(=O)N2N=C3/C(=C/c4ccccc4)CCC[C@H]3[C@@H]2c2ccccc2)C(=O)N1c1ccc(Cl)cc1. The van der Waals surface area contributed by atoms with Crippen molar-refractivity contribution < 1.29 is 14.4 Å². The lowest BCUT2D eigenvalue weighted by Gasteiger charge is -2.30. The van der Waals surface area contributed by atoms with Crippen LogP contribution >= 0.6 is 11.6 Å². The maximum Gasteiger partial charge on any atom is 0.264 e. The van der Waals surface area contributed by atoms with E-state index in [4.69, 9.17) is 16.7 Å². The maximum absolute atomic E-state index is 14.0. The molecule has 1 aliphatic carbocycles. The number of allylic oxidation sites excluding steroid dienone is 1. The summed E-state index contributed by atoms with van der Waals surface area (Å²) in [6, 6.07) is 24.2. The van der Waals surface area contributed by atoms with Crippen molar-refractivity contribution >= 4 is 46.8 Å². The highest BCUT2D eigenvalue weighted by Crippen LogP contribution is 2.44. The van der Waals surface area contributed by atoms with Gasteiger partial charge in [0, 0.05) is 10.9 Å². The van der Waals surface area contributed by atoms with E-state index in [1.165, 1.54) is 5.01 Å². The van der Waals surface area contributed by atoms with Crippen LogP contribution in [0.25, 0.3) is 6.08 Å². The van der Waals surface area contributed by atoms with Crippen LogP contribution in [0.2, 0.25) is 5.02 Å². The minimum absolute atomic E-state index is 0.0445. The number of carbonyl (C=O) groups excluding carboxylic acids is 3. The molecule has 3 amide bonds. The molecule has 0 aromatic heterocycles. The Labute approximate surface area is 247 Å². The Morgan fingerprint density at radius 3 is 2.36 bits per heavy atom. The molecule has 4 atom stereocenters. The van der Waals surface area contributed by atoms with Gasteiger partial charge in [-0.15, -0.1) is 0 Å². The summed E-state index contributed by atoms with van der Waals surface area (Å²) in [4.78, 5) is 41.7. The van der Waals surface area contributed by atoms with Gasteiger partial charge in [-0.05, 0) is 66.3 Å². The lowest BCUT2D eigenvalue weighted by Crippen LogP contribution is -2.45. The first-order valence-electron chi connectivity index (χ1n) is 14.0. The van der Waals surface area contributed by atoms with Gasteiger partial charge in [0.15, 0.2) is 12.1 Å². The first kappa shape index (κ1) is 26.3. The van der Waals surface area contributed by atoms with Gasteiger partial charge in [-0.3, -0.25) is 19.4 Å². The second kappa shape index (κ2) is 10.6. The summed E-state index contributed by atoms with van der Waals surface area (Å²) in [5.74, 6) is -1.21. The second-order valence-electron chi connectivity index (χ2n) is 10.8. The predicted octanol–water partition coefficient (Wildman–Crippen LogP) is 5.46. The number of hydrazone groups is 1. The van der Waals surface area contributed by atoms with Gasteiger partial charge in [0.05, 0.1) is 17.4 Å². The van der Waals surface area contributed by atoms with Gasteiger partial charge in [-0.25, -0.2) is 9.91 Å². The van der Waals surface area contributed by atoms with E-state index in [-0.39, 0.29) is 24.4 Å². The fourth-order valence-electron chi connectivity index (χ4n) is 6.35. The van der Waals surface area contributed by atoms with Crippen LogP contribution in [0.3, 0.4) is 0 Å². The number of nitrogens with zero attached hydrogens (tertiary/aromatic N) is 6. The number of hydrogen-bond donors (Lipinski definition) is 0. The Kier molecular flexibility index (Phi) is 6.66. The van der Waals surface area contributed by atoms with Gasteiger partial charge in [0.2, 0.25) is 0 Å². The minimum Gasteiger partial charge on any atom is -0.271 e. The van der Waals surface area contributed by atoms with Crippen molar-refractivity contribution in [3.05, 3.63) is 107 Å². The second-order valence-corrected chi connectivity index (χ2v) is 11.3. The van der Waals surface area contributed by atoms with Crippen LogP contribution in [0, 0.1) is 5.92 Å². The molecule has 0 bridgehead atoms. The largest absolute Gasteiger partial charge is 0.271 e. The van der Waals surface area contributed by atoms with Gasteiger partial charge in [0.25, 0.3) is 17.7 Å². The number of hydrogen-bond acceptors (Lipinski definition) is 7. The number of rotatable bonds is 5. The van der Waals surface area contributed by atoms with E-state index in [1.807, 2.05) is 48.5 Å². The number of imide groups is 1. The molecule has 2 fully saturated rings. The molecule has 42 heavy (non-hydrogen) atoms. The first-order valence-corrected chi connectivity index (χ1v) is 14.4. The number of benzene rings is 3. The fraction of sp³-hybridized carbons (Fsp3) is 0.250. The van der Waals surface area contributed by atoms with Gasteiger partial charge >= 0.3 is 0 Å². The van der Waals surface area contributed by atoms with Gasteiger partial charge in [-0.2, -0.15) is 10.2 Å². The van der Waals surface area contributed by atoms with Crippen molar-refractivity contribution in [3.63, 3.8) is 0 Å². The Balaban J connectivity index is 1.18. The van der Waals surface area contributed by atoms with Crippen LogP contribution in [0.5, 0.6) is 0 Å². The Morgan fingerprint density at radius 1 is 0.905 bits per heavy atom. The lowest BCUT2D eigenvalue weighted by molar-refractivity contribution is -0.136. The van der Waals surface area contributed by atoms with E-state index in [2.05, 4.69) is 28.5 Å². The van der Waals surface area contributed by atoms with Crippen LogP contribution in [-0.2, 0) is 14.4 Å². The third kappa shape index (κ3) is 4.50. The fourth-order valence-corrected chi connectivity index (χ4v) is 6.48. The topological polar surface area (TPSA) is 98.0 Å². The standard InChI is InChI=1S/C32H27ClN6O3/c33-23-14-16-24(17-15-23)38-31(41)28-30(32(38)42)37(36-34-28)19-26(40)39-29(21-10-5-2-6-11-21)25-13-7-12-22(27(25)35-39)18-20-8-3-1-4-9-20/h1-6,8-11,14-18,25,28-30H,7,12-13,19H2/b22-18+/t25-,28-,29+,30+/m1/s1. The summed E-state index contributed by atoms with van der Waals surface area (Å²) in [5.41, 5.74) is 4.55. The quantitative estimate of drug-likeness (QED) is 0.376. The molecule has 0 N–H and O–H groups in total. The summed E-state index contributed by atoms with van der Waals surface area (Å²) in [6.45, 7) is -0.233. The number of carbonyl (C=O) groups is 3. The molecule has 4 aliphatic rings. The molecule has 3 aromatic rings. The summed E-state index contributed by atoms with van der Waals surface area (Å²) >= 11 is 5.99. The average Bonchev–Trinajstić information content (AvgIpc) is 3.68. The van der Waals surface area contributed by atoms with Crippen LogP contribution in [0.15, 0.2) is 106 Å². The molecule has 0 radical (unpaired) electrons. The molecule has 3 heterocycles. The first-order chi connectivity index (χ1) is 20.5. The van der Waals surface area contributed by atoms with Crippen molar-refractivity contribution in [2.75, 3.05) is 11.4 Å². The van der Waals surface area contributed by atoms with E-state index in [0.717, 1.165) is 46.6 Å². The predicted molar refractivity (Wildman–Crippen MR) is 158 cm³/mol. The summed E-state index contributed by atoms with van der Waals surface area (Å²) in [5, 5.41) is 16.5. The molecule has 3 aliphatic heterocycles. The number of amides is 3. The Hall–Kier alpha value is -4.63. The van der Waals surface area contributed by atoms with E-state index >= 15 is 0 Å². The van der Waals surface area contributed by atoms with Crippen molar-refractivity contribution in [3.8, 4) is 0 Å². The Morgan fingerprint density at radius 2 is 1.62 bits per heavy atom. The van der Waals surface area contributed by atoms with Crippen LogP contribution in [0.4, 0.5) is 5.69 Å². The highest BCUT2D eigenvalue weighted by atomic mass is 35.5. The minimum atomic E-state index is -1.00. The van der Waals surface area contributed by atoms with Crippen molar-refractivity contribution in [2.45, 2.75) is 37.4 Å². The van der Waals surface area contributed by atoms with E-state index in [0.29, 0.717) is 10.7 Å². The van der Waals surface area contributed by atoms with Crippen molar-refractivity contribution in [1.29, 1.82) is 0 Å². The van der Waals surface area contributed by atoms with Crippen LogP contribution in [0.1, 0.15) is 36.4 Å². The van der Waals surface area contributed by atoms with E-state index < -0.39 is 23.9 Å². The van der Waals surface area contributed by atoms with Crippen molar-refractivity contribution in [2.24, 2.45) is 21.4 Å². The molecular formula is C32H27ClN6O3. The van der Waals surface area contributed by atoms with Crippen LogP contribution in [-0.4, -0.2) is 52.1 Å². The monoisotopic (exact) mass is 578 g/mol. The third-order valence-electron chi connectivity index (χ3n) is 8.28. The molecule has 0 unspecified atom stereocenters. The molecule has 0 spiro atoms. The highest BCUT2D eigenvalue weighted by Gasteiger charge is 2.55. The number of anilines is 1. The van der Waals surface area contributed by atoms with Crippen LogP contribution < -0.4 is 4.90 Å². The Bertz CT molecular complexity index is 1640. The zero-order valence-electron chi connectivity index (χ0n) is 22.6. The lowest BCUT2D eigenvalue weighted by atomic mass is 9.77. The maximum atomic E-state index is 14.0. The zero-order valence-corrected chi connectivity index (χ0v) is 23.3. The number of fused-ring (bicyclic) bond motifs is 2. The molecule has 1 saturated carbocycles. The van der Waals surface area contributed by atoms with Gasteiger partial charge < -0.3 is 0 Å².